The first-order valence-electron chi connectivity index (χ1n) is 7.88. The van der Waals surface area contributed by atoms with E-state index >= 15 is 0 Å². The molecule has 0 bridgehead atoms. The predicted molar refractivity (Wildman–Crippen MR) is 86.6 cm³/mol. The van der Waals surface area contributed by atoms with Crippen molar-refractivity contribution in [1.29, 1.82) is 0 Å². The van der Waals surface area contributed by atoms with Crippen LogP contribution in [0, 0.1) is 0 Å². The van der Waals surface area contributed by atoms with E-state index in [-0.39, 0.29) is 5.75 Å². The van der Waals surface area contributed by atoms with Crippen LogP contribution in [0.1, 0.15) is 31.2 Å². The smallest absolute Gasteiger partial charge is 0.168 e. The highest BCUT2D eigenvalue weighted by molar-refractivity contribution is 5.39. The molecule has 0 saturated carbocycles. The fourth-order valence-corrected chi connectivity index (χ4v) is 2.33. The standard InChI is InChI=1S/C18H24N2O2/c19-15-16-8-9-17(14-18(16)21)22-13-7-2-1-4-10-20-11-5-3-6-12-20/h3,5-6,8-9,11-12,14H,1-2,4,7,10,13,15,19H2/p+1. The van der Waals surface area contributed by atoms with Crippen molar-refractivity contribution >= 4 is 0 Å². The molecule has 0 saturated heterocycles. The maximum atomic E-state index is 9.71. The topological polar surface area (TPSA) is 59.4 Å². The number of aromatic nitrogens is 1. The lowest BCUT2D eigenvalue weighted by atomic mass is 10.2. The highest BCUT2D eigenvalue weighted by Crippen LogP contribution is 2.23. The van der Waals surface area contributed by atoms with Crippen molar-refractivity contribution in [2.24, 2.45) is 5.73 Å². The third-order valence-corrected chi connectivity index (χ3v) is 3.63. The van der Waals surface area contributed by atoms with Gasteiger partial charge in [-0.05, 0) is 25.3 Å². The fraction of sp³-hybridized carbons (Fsp3) is 0.389. The van der Waals surface area contributed by atoms with Crippen molar-refractivity contribution in [1.82, 2.24) is 0 Å². The Labute approximate surface area is 132 Å². The molecule has 0 aliphatic carbocycles. The van der Waals surface area contributed by atoms with Gasteiger partial charge in [-0.3, -0.25) is 0 Å². The molecule has 4 heteroatoms. The Bertz CT molecular complexity index is 558. The van der Waals surface area contributed by atoms with Gasteiger partial charge in [0, 0.05) is 36.7 Å². The summed E-state index contributed by atoms with van der Waals surface area (Å²) < 4.78 is 7.85. The number of hydrogen-bond donors (Lipinski definition) is 2. The van der Waals surface area contributed by atoms with Gasteiger partial charge in [0.05, 0.1) is 6.61 Å². The fourth-order valence-electron chi connectivity index (χ4n) is 2.33. The van der Waals surface area contributed by atoms with Crippen LogP contribution in [0.3, 0.4) is 0 Å². The Kier molecular flexibility index (Phi) is 6.71. The molecule has 1 heterocycles. The molecule has 0 amide bonds. The van der Waals surface area contributed by atoms with Crippen molar-refractivity contribution in [3.63, 3.8) is 0 Å². The lowest BCUT2D eigenvalue weighted by molar-refractivity contribution is -0.697. The van der Waals surface area contributed by atoms with Crippen LogP contribution in [-0.4, -0.2) is 11.7 Å². The summed E-state index contributed by atoms with van der Waals surface area (Å²) in [5.41, 5.74) is 6.25. The molecule has 118 valence electrons. The predicted octanol–water partition coefficient (Wildman–Crippen LogP) is 2.78. The number of hydrogen-bond acceptors (Lipinski definition) is 3. The minimum absolute atomic E-state index is 0.208. The van der Waals surface area contributed by atoms with Crippen LogP contribution in [0.25, 0.3) is 0 Å². The Balaban J connectivity index is 1.57. The molecular formula is C18H25N2O2+. The second-order valence-electron chi connectivity index (χ2n) is 5.37. The molecule has 1 aromatic heterocycles. The Morgan fingerprint density at radius 2 is 1.77 bits per heavy atom. The maximum absolute atomic E-state index is 9.71. The molecule has 22 heavy (non-hydrogen) atoms. The van der Waals surface area contributed by atoms with Crippen LogP contribution in [0.5, 0.6) is 11.5 Å². The summed E-state index contributed by atoms with van der Waals surface area (Å²) in [5, 5.41) is 9.71. The minimum Gasteiger partial charge on any atom is -0.507 e. The first-order valence-corrected chi connectivity index (χ1v) is 7.88. The number of aromatic hydroxyl groups is 1. The van der Waals surface area contributed by atoms with E-state index in [0.717, 1.165) is 24.9 Å². The molecule has 0 unspecified atom stereocenters. The van der Waals surface area contributed by atoms with E-state index in [1.807, 2.05) is 18.2 Å². The number of ether oxygens (including phenoxy) is 1. The molecular weight excluding hydrogens is 276 g/mol. The quantitative estimate of drug-likeness (QED) is 0.553. The molecule has 0 atom stereocenters. The molecule has 2 aromatic rings. The van der Waals surface area contributed by atoms with E-state index in [0.29, 0.717) is 18.9 Å². The first kappa shape index (κ1) is 16.3. The summed E-state index contributed by atoms with van der Waals surface area (Å²) in [6.45, 7) is 2.08. The number of phenolic OH excluding ortho intramolecular Hbond substituents is 1. The van der Waals surface area contributed by atoms with E-state index in [1.165, 1.54) is 12.8 Å². The minimum atomic E-state index is 0.208. The molecule has 0 spiro atoms. The summed E-state index contributed by atoms with van der Waals surface area (Å²) in [7, 11) is 0. The average Bonchev–Trinajstić information content (AvgIpc) is 2.55. The maximum Gasteiger partial charge on any atom is 0.168 e. The van der Waals surface area contributed by atoms with Gasteiger partial charge in [0.25, 0.3) is 0 Å². The summed E-state index contributed by atoms with van der Waals surface area (Å²) in [5.74, 6) is 0.912. The van der Waals surface area contributed by atoms with Gasteiger partial charge in [-0.2, -0.15) is 0 Å². The van der Waals surface area contributed by atoms with Crippen molar-refractivity contribution in [3.8, 4) is 11.5 Å². The summed E-state index contributed by atoms with van der Waals surface area (Å²) in [4.78, 5) is 0. The molecule has 3 N–H and O–H groups in total. The molecule has 0 radical (unpaired) electrons. The lowest BCUT2D eigenvalue weighted by Crippen LogP contribution is -2.32. The number of nitrogens with two attached hydrogens (primary N) is 1. The van der Waals surface area contributed by atoms with E-state index in [1.54, 1.807) is 6.07 Å². The Hall–Kier alpha value is -2.07. The highest BCUT2D eigenvalue weighted by Gasteiger charge is 2.02. The number of nitrogens with zero attached hydrogens (tertiary/aromatic N) is 1. The van der Waals surface area contributed by atoms with Gasteiger partial charge in [-0.1, -0.05) is 12.1 Å². The average molecular weight is 301 g/mol. The molecule has 0 fully saturated rings. The van der Waals surface area contributed by atoms with E-state index in [9.17, 15) is 5.11 Å². The van der Waals surface area contributed by atoms with Crippen LogP contribution in [0.4, 0.5) is 0 Å². The third-order valence-electron chi connectivity index (χ3n) is 3.63. The van der Waals surface area contributed by atoms with Gasteiger partial charge in [-0.25, -0.2) is 4.57 Å². The van der Waals surface area contributed by atoms with E-state index < -0.39 is 0 Å². The van der Waals surface area contributed by atoms with Gasteiger partial charge < -0.3 is 15.6 Å². The van der Waals surface area contributed by atoms with Gasteiger partial charge >= 0.3 is 0 Å². The van der Waals surface area contributed by atoms with Crippen LogP contribution in [0.2, 0.25) is 0 Å². The Morgan fingerprint density at radius 1 is 1.00 bits per heavy atom. The van der Waals surface area contributed by atoms with Gasteiger partial charge in [0.1, 0.15) is 18.0 Å². The number of phenols is 1. The number of aryl methyl sites for hydroxylation is 1. The molecule has 2 rings (SSSR count). The molecule has 0 aliphatic heterocycles. The molecule has 1 aromatic carbocycles. The van der Waals surface area contributed by atoms with Crippen LogP contribution < -0.4 is 15.0 Å². The SMILES string of the molecule is NCc1ccc(OCCCCCC[n+]2ccccc2)cc1O. The number of benzene rings is 1. The summed E-state index contributed by atoms with van der Waals surface area (Å²) in [6.07, 6.45) is 8.75. The summed E-state index contributed by atoms with van der Waals surface area (Å²) >= 11 is 0. The van der Waals surface area contributed by atoms with E-state index in [2.05, 4.69) is 29.1 Å². The van der Waals surface area contributed by atoms with E-state index in [4.69, 9.17) is 10.5 Å². The lowest BCUT2D eigenvalue weighted by Gasteiger charge is -2.08. The zero-order chi connectivity index (χ0) is 15.6. The van der Waals surface area contributed by atoms with Crippen molar-refractivity contribution in [3.05, 3.63) is 54.4 Å². The zero-order valence-corrected chi connectivity index (χ0v) is 12.9. The largest absolute Gasteiger partial charge is 0.507 e. The Morgan fingerprint density at radius 3 is 2.50 bits per heavy atom. The van der Waals surface area contributed by atoms with Crippen LogP contribution in [-0.2, 0) is 13.1 Å². The second kappa shape index (κ2) is 9.05. The van der Waals surface area contributed by atoms with Crippen LogP contribution >= 0.6 is 0 Å². The first-order chi connectivity index (χ1) is 10.8. The number of unbranched alkanes of at least 4 members (excludes halogenated alkanes) is 3. The molecule has 0 aliphatic rings. The normalized spacial score (nSPS) is 10.6. The van der Waals surface area contributed by atoms with Gasteiger partial charge in [0.15, 0.2) is 12.4 Å². The van der Waals surface area contributed by atoms with Crippen molar-refractivity contribution in [2.45, 2.75) is 38.8 Å². The number of rotatable bonds is 9. The van der Waals surface area contributed by atoms with Crippen molar-refractivity contribution < 1.29 is 14.4 Å². The summed E-state index contributed by atoms with van der Waals surface area (Å²) in [6, 6.07) is 11.4. The highest BCUT2D eigenvalue weighted by atomic mass is 16.5. The molecule has 4 nitrogen and oxygen atoms in total. The van der Waals surface area contributed by atoms with Gasteiger partial charge in [0.2, 0.25) is 0 Å². The number of pyridine rings is 1. The zero-order valence-electron chi connectivity index (χ0n) is 12.9. The monoisotopic (exact) mass is 301 g/mol. The van der Waals surface area contributed by atoms with Crippen LogP contribution in [0.15, 0.2) is 48.8 Å². The second-order valence-corrected chi connectivity index (χ2v) is 5.37. The van der Waals surface area contributed by atoms with Crippen molar-refractivity contribution in [2.75, 3.05) is 6.61 Å². The van der Waals surface area contributed by atoms with Gasteiger partial charge in [-0.15, -0.1) is 0 Å². The third kappa shape index (κ3) is 5.37.